The summed E-state index contributed by atoms with van der Waals surface area (Å²) < 4.78 is 0. The molecule has 3 heterocycles. The van der Waals surface area contributed by atoms with E-state index in [0.717, 1.165) is 29.0 Å². The second-order valence-electron chi connectivity index (χ2n) is 3.67. The first-order valence-corrected chi connectivity index (χ1v) is 7.19. The van der Waals surface area contributed by atoms with Crippen LogP contribution in [0.15, 0.2) is 34.6 Å². The summed E-state index contributed by atoms with van der Waals surface area (Å²) in [5.41, 5.74) is 1.37. The molecule has 3 aromatic rings. The molecule has 86 valence electrons. The lowest BCUT2D eigenvalue weighted by atomic mass is 10.2. The number of aromatic nitrogens is 2. The minimum atomic E-state index is 0.901. The molecule has 0 saturated carbocycles. The van der Waals surface area contributed by atoms with Gasteiger partial charge in [-0.25, -0.2) is 9.97 Å². The number of hydrogen-bond acceptors (Lipinski definition) is 5. The fraction of sp³-hybridized carbons (Fsp3) is 0.167. The first-order chi connectivity index (χ1) is 8.43. The van der Waals surface area contributed by atoms with Crippen molar-refractivity contribution >= 4 is 38.7 Å². The predicted octanol–water partition coefficient (Wildman–Crippen LogP) is 3.41. The Morgan fingerprint density at radius 3 is 3.06 bits per heavy atom. The summed E-state index contributed by atoms with van der Waals surface area (Å²) in [4.78, 5) is 9.55. The third-order valence-corrected chi connectivity index (χ3v) is 4.10. The van der Waals surface area contributed by atoms with Gasteiger partial charge in [-0.1, -0.05) is 0 Å². The van der Waals surface area contributed by atoms with Crippen LogP contribution in [0.5, 0.6) is 0 Å². The largest absolute Gasteiger partial charge is 0.369 e. The molecule has 3 rings (SSSR count). The van der Waals surface area contributed by atoms with Crippen LogP contribution >= 0.6 is 22.7 Å². The lowest BCUT2D eigenvalue weighted by Gasteiger charge is -2.05. The Bertz CT molecular complexity index is 601. The van der Waals surface area contributed by atoms with E-state index in [-0.39, 0.29) is 0 Å². The van der Waals surface area contributed by atoms with Crippen molar-refractivity contribution in [1.82, 2.24) is 9.97 Å². The Kier molecular flexibility index (Phi) is 3.02. The Morgan fingerprint density at radius 2 is 2.18 bits per heavy atom. The highest BCUT2D eigenvalue weighted by molar-refractivity contribution is 7.16. The van der Waals surface area contributed by atoms with Crippen LogP contribution in [0.3, 0.4) is 0 Å². The molecular weight excluding hydrogens is 250 g/mol. The van der Waals surface area contributed by atoms with Gasteiger partial charge in [0.05, 0.1) is 5.39 Å². The highest BCUT2D eigenvalue weighted by Gasteiger charge is 2.03. The predicted molar refractivity (Wildman–Crippen MR) is 73.9 cm³/mol. The number of thiophene rings is 2. The van der Waals surface area contributed by atoms with Gasteiger partial charge in [0, 0.05) is 6.54 Å². The third kappa shape index (κ3) is 2.30. The molecule has 0 aliphatic carbocycles. The van der Waals surface area contributed by atoms with Crippen molar-refractivity contribution in [3.63, 3.8) is 0 Å². The second kappa shape index (κ2) is 4.81. The highest BCUT2D eigenvalue weighted by atomic mass is 32.1. The van der Waals surface area contributed by atoms with E-state index in [1.165, 1.54) is 5.56 Å². The molecule has 0 amide bonds. The molecule has 0 atom stereocenters. The van der Waals surface area contributed by atoms with Gasteiger partial charge in [-0.15, -0.1) is 11.3 Å². The van der Waals surface area contributed by atoms with Crippen molar-refractivity contribution in [3.05, 3.63) is 40.2 Å². The fourth-order valence-corrected chi connectivity index (χ4v) is 3.13. The van der Waals surface area contributed by atoms with Crippen LogP contribution in [-0.4, -0.2) is 16.5 Å². The van der Waals surface area contributed by atoms with Gasteiger partial charge in [-0.2, -0.15) is 11.3 Å². The molecule has 3 aromatic heterocycles. The summed E-state index contributed by atoms with van der Waals surface area (Å²) in [6, 6.07) is 4.22. The van der Waals surface area contributed by atoms with E-state index in [9.17, 15) is 0 Å². The lowest BCUT2D eigenvalue weighted by Crippen LogP contribution is -2.06. The molecule has 0 radical (unpaired) electrons. The van der Waals surface area contributed by atoms with Crippen molar-refractivity contribution in [1.29, 1.82) is 0 Å². The van der Waals surface area contributed by atoms with E-state index >= 15 is 0 Å². The number of hydrogen-bond donors (Lipinski definition) is 1. The normalized spacial score (nSPS) is 10.8. The molecule has 1 N–H and O–H groups in total. The van der Waals surface area contributed by atoms with Gasteiger partial charge in [0.2, 0.25) is 0 Å². The van der Waals surface area contributed by atoms with Crippen molar-refractivity contribution in [3.8, 4) is 0 Å². The zero-order chi connectivity index (χ0) is 11.5. The first kappa shape index (κ1) is 10.7. The van der Waals surface area contributed by atoms with E-state index in [0.29, 0.717) is 0 Å². The molecular formula is C12H11N3S2. The molecule has 0 aromatic carbocycles. The van der Waals surface area contributed by atoms with Crippen LogP contribution in [0.2, 0.25) is 0 Å². The van der Waals surface area contributed by atoms with Gasteiger partial charge in [0.15, 0.2) is 0 Å². The van der Waals surface area contributed by atoms with Crippen LogP contribution in [0.1, 0.15) is 5.56 Å². The van der Waals surface area contributed by atoms with Crippen molar-refractivity contribution in [2.75, 3.05) is 11.9 Å². The lowest BCUT2D eigenvalue weighted by molar-refractivity contribution is 1.01. The Labute approximate surface area is 107 Å². The topological polar surface area (TPSA) is 37.8 Å². The maximum atomic E-state index is 4.28. The quantitative estimate of drug-likeness (QED) is 0.782. The zero-order valence-electron chi connectivity index (χ0n) is 9.09. The summed E-state index contributed by atoms with van der Waals surface area (Å²) in [7, 11) is 0. The monoisotopic (exact) mass is 261 g/mol. The number of nitrogens with zero attached hydrogens (tertiary/aromatic N) is 2. The summed E-state index contributed by atoms with van der Waals surface area (Å²) >= 11 is 3.38. The fourth-order valence-electron chi connectivity index (χ4n) is 1.69. The van der Waals surface area contributed by atoms with Gasteiger partial charge in [-0.3, -0.25) is 0 Å². The maximum absolute atomic E-state index is 4.28. The molecule has 0 fully saturated rings. The van der Waals surface area contributed by atoms with E-state index in [1.807, 2.05) is 5.38 Å². The molecule has 0 aliphatic heterocycles. The average Bonchev–Trinajstić information content (AvgIpc) is 2.99. The van der Waals surface area contributed by atoms with Gasteiger partial charge in [-0.05, 0) is 40.3 Å². The van der Waals surface area contributed by atoms with Crippen LogP contribution in [0.25, 0.3) is 10.2 Å². The Hall–Kier alpha value is -1.46. The summed E-state index contributed by atoms with van der Waals surface area (Å²) in [5.74, 6) is 0.937. The number of rotatable bonds is 4. The minimum Gasteiger partial charge on any atom is -0.369 e. The molecule has 17 heavy (non-hydrogen) atoms. The molecule has 0 unspecified atom stereocenters. The molecule has 5 heteroatoms. The maximum Gasteiger partial charge on any atom is 0.138 e. The summed E-state index contributed by atoms with van der Waals surface area (Å²) in [6.45, 7) is 0.901. The smallest absolute Gasteiger partial charge is 0.138 e. The third-order valence-electron chi connectivity index (χ3n) is 2.55. The molecule has 0 spiro atoms. The Balaban J connectivity index is 1.70. The number of nitrogens with one attached hydrogen (secondary N) is 1. The minimum absolute atomic E-state index is 0.901. The van der Waals surface area contributed by atoms with Gasteiger partial charge in [0.1, 0.15) is 17.0 Å². The number of fused-ring (bicyclic) bond motifs is 1. The van der Waals surface area contributed by atoms with E-state index in [2.05, 4.69) is 38.2 Å². The van der Waals surface area contributed by atoms with E-state index in [1.54, 1.807) is 29.0 Å². The van der Waals surface area contributed by atoms with Gasteiger partial charge in [0.25, 0.3) is 0 Å². The molecule has 0 saturated heterocycles. The zero-order valence-corrected chi connectivity index (χ0v) is 10.7. The van der Waals surface area contributed by atoms with Gasteiger partial charge < -0.3 is 5.32 Å². The summed E-state index contributed by atoms with van der Waals surface area (Å²) in [5, 5.41) is 10.8. The second-order valence-corrected chi connectivity index (χ2v) is 5.34. The first-order valence-electron chi connectivity index (χ1n) is 5.36. The SMILES string of the molecule is c1nc(NCCc2ccsc2)c2ccsc2n1. The van der Waals surface area contributed by atoms with Crippen molar-refractivity contribution in [2.45, 2.75) is 6.42 Å². The molecule has 3 nitrogen and oxygen atoms in total. The molecule has 0 aliphatic rings. The van der Waals surface area contributed by atoms with Crippen LogP contribution in [0, 0.1) is 0 Å². The van der Waals surface area contributed by atoms with Crippen LogP contribution in [-0.2, 0) is 6.42 Å². The van der Waals surface area contributed by atoms with Crippen molar-refractivity contribution in [2.24, 2.45) is 0 Å². The highest BCUT2D eigenvalue weighted by Crippen LogP contribution is 2.23. The van der Waals surface area contributed by atoms with Gasteiger partial charge >= 0.3 is 0 Å². The summed E-state index contributed by atoms with van der Waals surface area (Å²) in [6.07, 6.45) is 2.64. The number of anilines is 1. The van der Waals surface area contributed by atoms with Crippen molar-refractivity contribution < 1.29 is 0 Å². The van der Waals surface area contributed by atoms with E-state index < -0.39 is 0 Å². The van der Waals surface area contributed by atoms with Crippen LogP contribution in [0.4, 0.5) is 5.82 Å². The standard InChI is InChI=1S/C12H11N3S2/c1(9-2-5-16-7-9)4-13-11-10-3-6-17-12(10)15-8-14-11/h2-3,5-8H,1,4H2,(H,13,14,15). The van der Waals surface area contributed by atoms with E-state index in [4.69, 9.17) is 0 Å². The molecule has 0 bridgehead atoms. The average molecular weight is 261 g/mol. The Morgan fingerprint density at radius 1 is 1.18 bits per heavy atom. The van der Waals surface area contributed by atoms with Crippen LogP contribution < -0.4 is 5.32 Å².